The van der Waals surface area contributed by atoms with E-state index in [0.29, 0.717) is 0 Å². The molecule has 1 aromatic heterocycles. The normalized spacial score (nSPS) is 31.5. The van der Waals surface area contributed by atoms with Gasteiger partial charge < -0.3 is 14.7 Å². The topological polar surface area (TPSA) is 42.9 Å². The van der Waals surface area contributed by atoms with Crippen molar-refractivity contribution >= 4 is 11.7 Å². The minimum Gasteiger partial charge on any atom is -0.354 e. The van der Waals surface area contributed by atoms with E-state index in [2.05, 4.69) is 19.7 Å². The highest BCUT2D eigenvalue weighted by molar-refractivity contribution is 5.95. The Balaban J connectivity index is 1.22. The number of hydrogen-bond donors (Lipinski definition) is 0. The molecule has 0 spiro atoms. The summed E-state index contributed by atoms with van der Waals surface area (Å²) in [6.45, 7) is 9.93. The van der Waals surface area contributed by atoms with Gasteiger partial charge in [-0.3, -0.25) is 9.69 Å². The summed E-state index contributed by atoms with van der Waals surface area (Å²) in [5.74, 6) is 2.04. The minimum absolute atomic E-state index is 0.169. The second-order valence-corrected chi connectivity index (χ2v) is 8.63. The summed E-state index contributed by atoms with van der Waals surface area (Å²) in [7, 11) is 0. The fourth-order valence-electron chi connectivity index (χ4n) is 5.46. The third-order valence-corrected chi connectivity index (χ3v) is 7.11. The highest BCUT2D eigenvalue weighted by Gasteiger charge is 2.38. The molecular weight excluding hydrogens is 338 g/mol. The number of anilines is 1. The molecular formula is C21H31N5O. The molecule has 27 heavy (non-hydrogen) atoms. The van der Waals surface area contributed by atoms with Gasteiger partial charge >= 0.3 is 0 Å². The first kappa shape index (κ1) is 17.4. The fourth-order valence-corrected chi connectivity index (χ4v) is 5.46. The average Bonchev–Trinajstić information content (AvgIpc) is 3.29. The van der Waals surface area contributed by atoms with Crippen molar-refractivity contribution in [3.05, 3.63) is 23.9 Å². The first-order chi connectivity index (χ1) is 13.3. The summed E-state index contributed by atoms with van der Waals surface area (Å²) in [5.41, 5.74) is 0.793. The molecule has 5 aliphatic heterocycles. The van der Waals surface area contributed by atoms with Gasteiger partial charge in [-0.25, -0.2) is 4.98 Å². The van der Waals surface area contributed by atoms with Gasteiger partial charge in [0.25, 0.3) is 5.91 Å². The molecule has 5 saturated heterocycles. The van der Waals surface area contributed by atoms with Crippen molar-refractivity contribution in [3.8, 4) is 0 Å². The third-order valence-electron chi connectivity index (χ3n) is 7.11. The Morgan fingerprint density at radius 2 is 1.70 bits per heavy atom. The second-order valence-electron chi connectivity index (χ2n) is 8.63. The van der Waals surface area contributed by atoms with Crippen LogP contribution in [-0.2, 0) is 0 Å². The number of hydrogen-bond acceptors (Lipinski definition) is 5. The van der Waals surface area contributed by atoms with Crippen molar-refractivity contribution in [1.29, 1.82) is 0 Å². The van der Waals surface area contributed by atoms with E-state index in [1.54, 1.807) is 6.20 Å². The number of carbonyl (C=O) groups is 1. The zero-order chi connectivity index (χ0) is 18.2. The monoisotopic (exact) mass is 369 g/mol. The van der Waals surface area contributed by atoms with Gasteiger partial charge in [-0.05, 0) is 56.8 Å². The van der Waals surface area contributed by atoms with Gasteiger partial charge in [0.1, 0.15) is 5.82 Å². The Morgan fingerprint density at radius 3 is 2.37 bits per heavy atom. The zero-order valence-corrected chi connectivity index (χ0v) is 16.2. The van der Waals surface area contributed by atoms with Crippen LogP contribution in [0.3, 0.4) is 0 Å². The maximum Gasteiger partial charge on any atom is 0.254 e. The van der Waals surface area contributed by atoms with Crippen LogP contribution >= 0.6 is 0 Å². The van der Waals surface area contributed by atoms with E-state index in [1.807, 2.05) is 17.0 Å². The maximum atomic E-state index is 12.7. The zero-order valence-electron chi connectivity index (χ0n) is 16.2. The van der Waals surface area contributed by atoms with E-state index in [4.69, 9.17) is 0 Å². The molecule has 6 heteroatoms. The summed E-state index contributed by atoms with van der Waals surface area (Å²) in [4.78, 5) is 27.0. The number of amides is 1. The van der Waals surface area contributed by atoms with E-state index < -0.39 is 0 Å². The molecule has 1 aromatic rings. The average molecular weight is 370 g/mol. The van der Waals surface area contributed by atoms with Gasteiger partial charge in [-0.15, -0.1) is 0 Å². The van der Waals surface area contributed by atoms with Crippen LogP contribution in [0.2, 0.25) is 0 Å². The largest absolute Gasteiger partial charge is 0.354 e. The van der Waals surface area contributed by atoms with Crippen LogP contribution < -0.4 is 4.90 Å². The number of piperidine rings is 3. The Bertz CT molecular complexity index is 673. The van der Waals surface area contributed by atoms with E-state index in [1.165, 1.54) is 32.5 Å². The smallest absolute Gasteiger partial charge is 0.254 e. The summed E-state index contributed by atoms with van der Waals surface area (Å²) < 4.78 is 0. The maximum absolute atomic E-state index is 12.7. The van der Waals surface area contributed by atoms with Crippen molar-refractivity contribution in [2.75, 3.05) is 63.8 Å². The number of piperazine rings is 1. The van der Waals surface area contributed by atoms with Crippen LogP contribution in [0.4, 0.5) is 5.82 Å². The number of rotatable bonds is 3. The molecule has 5 fully saturated rings. The molecule has 1 atom stereocenters. The molecule has 146 valence electrons. The third kappa shape index (κ3) is 3.45. The molecule has 0 radical (unpaired) electrons. The van der Waals surface area contributed by atoms with E-state index >= 15 is 0 Å². The van der Waals surface area contributed by atoms with E-state index in [9.17, 15) is 4.79 Å². The summed E-state index contributed by atoms with van der Waals surface area (Å²) in [5, 5.41) is 0. The van der Waals surface area contributed by atoms with Crippen LogP contribution in [0.25, 0.3) is 0 Å². The number of likely N-dealkylation sites (tertiary alicyclic amines) is 1. The summed E-state index contributed by atoms with van der Waals surface area (Å²) in [6, 6.07) is 4.63. The molecule has 0 saturated carbocycles. The molecule has 2 bridgehead atoms. The molecule has 6 heterocycles. The van der Waals surface area contributed by atoms with Crippen molar-refractivity contribution < 1.29 is 4.79 Å². The highest BCUT2D eigenvalue weighted by Crippen LogP contribution is 2.31. The highest BCUT2D eigenvalue weighted by atomic mass is 16.2. The molecule has 1 amide bonds. The van der Waals surface area contributed by atoms with Crippen molar-refractivity contribution in [2.45, 2.75) is 31.7 Å². The molecule has 6 rings (SSSR count). The molecule has 0 aliphatic carbocycles. The molecule has 6 nitrogen and oxygen atoms in total. The lowest BCUT2D eigenvalue weighted by molar-refractivity contribution is 0.00306. The van der Waals surface area contributed by atoms with Gasteiger partial charge in [0.15, 0.2) is 0 Å². The second kappa shape index (κ2) is 7.40. The van der Waals surface area contributed by atoms with Crippen LogP contribution in [-0.4, -0.2) is 90.5 Å². The van der Waals surface area contributed by atoms with Gasteiger partial charge in [0.05, 0.1) is 0 Å². The Labute approximate surface area is 162 Å². The molecule has 0 unspecified atom stereocenters. The van der Waals surface area contributed by atoms with E-state index in [-0.39, 0.29) is 5.91 Å². The summed E-state index contributed by atoms with van der Waals surface area (Å²) in [6.07, 6.45) is 6.83. The van der Waals surface area contributed by atoms with Gasteiger partial charge in [0, 0.05) is 63.6 Å². The Morgan fingerprint density at radius 1 is 0.963 bits per heavy atom. The van der Waals surface area contributed by atoms with Gasteiger partial charge in [-0.2, -0.15) is 0 Å². The predicted molar refractivity (Wildman–Crippen MR) is 106 cm³/mol. The standard InChI is InChI=1S/C21H31N5O/c27-21(26-7-1-2-8-26)18-3-6-22-20(15-18)25-13-11-24(12-14-25)19-16-23-9-4-17(19)5-10-23/h3,6,15,17,19H,1-2,4-5,7-14,16H2/t19-/m1/s1. The first-order valence-corrected chi connectivity index (χ1v) is 10.7. The number of nitrogens with zero attached hydrogens (tertiary/aromatic N) is 5. The molecule has 5 aliphatic rings. The molecule has 0 N–H and O–H groups in total. The fraction of sp³-hybridized carbons (Fsp3) is 0.714. The van der Waals surface area contributed by atoms with Crippen molar-refractivity contribution in [3.63, 3.8) is 0 Å². The SMILES string of the molecule is O=C(c1ccnc(N2CCN([C@@H]3CN4CCC3CC4)CC2)c1)N1CCCC1. The summed E-state index contributed by atoms with van der Waals surface area (Å²) >= 11 is 0. The minimum atomic E-state index is 0.169. The number of aromatic nitrogens is 1. The van der Waals surface area contributed by atoms with Crippen LogP contribution in [0, 0.1) is 5.92 Å². The van der Waals surface area contributed by atoms with Crippen LogP contribution in [0.15, 0.2) is 18.3 Å². The lowest BCUT2D eigenvalue weighted by Gasteiger charge is -2.51. The Kier molecular flexibility index (Phi) is 4.78. The van der Waals surface area contributed by atoms with Crippen molar-refractivity contribution in [2.24, 2.45) is 5.92 Å². The van der Waals surface area contributed by atoms with Crippen LogP contribution in [0.1, 0.15) is 36.0 Å². The predicted octanol–water partition coefficient (Wildman–Crippen LogP) is 1.53. The molecule has 0 aromatic carbocycles. The quantitative estimate of drug-likeness (QED) is 0.809. The van der Waals surface area contributed by atoms with Crippen LogP contribution in [0.5, 0.6) is 0 Å². The number of fused-ring (bicyclic) bond motifs is 3. The first-order valence-electron chi connectivity index (χ1n) is 10.7. The lowest BCUT2D eigenvalue weighted by Crippen LogP contribution is -2.61. The van der Waals surface area contributed by atoms with Gasteiger partial charge in [0.2, 0.25) is 0 Å². The number of pyridine rings is 1. The van der Waals surface area contributed by atoms with E-state index in [0.717, 1.165) is 75.5 Å². The number of carbonyl (C=O) groups excluding carboxylic acids is 1. The Hall–Kier alpha value is -1.66. The lowest BCUT2D eigenvalue weighted by atomic mass is 9.83. The van der Waals surface area contributed by atoms with Gasteiger partial charge in [-0.1, -0.05) is 0 Å². The van der Waals surface area contributed by atoms with Crippen molar-refractivity contribution in [1.82, 2.24) is 19.7 Å².